The Morgan fingerprint density at radius 2 is 0.593 bits per heavy atom. The van der Waals surface area contributed by atoms with Crippen molar-refractivity contribution in [3.05, 3.63) is 194 Å². The quantitative estimate of drug-likeness (QED) is 0.128. The maximum atomic E-state index is 2.52. The molecule has 12 aromatic carbocycles. The van der Waals surface area contributed by atoms with Crippen molar-refractivity contribution < 1.29 is 0 Å². The number of fused-ring (bicyclic) bond motifs is 2. The van der Waals surface area contributed by atoms with E-state index < -0.39 is 0 Å². The summed E-state index contributed by atoms with van der Waals surface area (Å²) >= 11 is 0. The molecule has 12 aromatic rings. The number of benzene rings is 12. The van der Waals surface area contributed by atoms with E-state index in [1.54, 1.807) is 0 Å². The van der Waals surface area contributed by atoms with Crippen LogP contribution in [0.15, 0.2) is 194 Å². The summed E-state index contributed by atoms with van der Waals surface area (Å²) in [6.07, 6.45) is 0. The standard InChI is InChI=1S/C54H32/c1-3-16-35(17-4-1)49-44-27-13-26-42-47(40-25-12-21-34-15-8-10-23-38(34)40)32-48-50(36-18-5-2-6-19-36)45-30-28-41(39-24-11-20-33-14-7-9-22-37(33)39)43-29-31-46(49)53(52(43)45)54(48)51(42)44/h1-32H. The first kappa shape index (κ1) is 29.5. The minimum Gasteiger partial charge on any atom is -0.0622 e. The highest BCUT2D eigenvalue weighted by Gasteiger charge is 2.26. The van der Waals surface area contributed by atoms with Crippen molar-refractivity contribution in [2.24, 2.45) is 0 Å². The van der Waals surface area contributed by atoms with Gasteiger partial charge in [0.1, 0.15) is 0 Å². The van der Waals surface area contributed by atoms with Gasteiger partial charge in [0, 0.05) is 0 Å². The summed E-state index contributed by atoms with van der Waals surface area (Å²) in [4.78, 5) is 0. The summed E-state index contributed by atoms with van der Waals surface area (Å²) in [5.41, 5.74) is 10.2. The Labute approximate surface area is 312 Å². The predicted molar refractivity (Wildman–Crippen MR) is 233 cm³/mol. The van der Waals surface area contributed by atoms with Gasteiger partial charge in [0.15, 0.2) is 0 Å². The first-order chi connectivity index (χ1) is 26.8. The van der Waals surface area contributed by atoms with Crippen LogP contribution in [0.2, 0.25) is 0 Å². The van der Waals surface area contributed by atoms with Crippen LogP contribution in [0.3, 0.4) is 0 Å². The molecule has 0 radical (unpaired) electrons. The first-order valence-corrected chi connectivity index (χ1v) is 18.9. The Balaban J connectivity index is 1.36. The molecule has 0 nitrogen and oxygen atoms in total. The molecule has 0 heteroatoms. The van der Waals surface area contributed by atoms with E-state index >= 15 is 0 Å². The summed E-state index contributed by atoms with van der Waals surface area (Å²) < 4.78 is 0. The van der Waals surface area contributed by atoms with E-state index in [1.807, 2.05) is 0 Å². The van der Waals surface area contributed by atoms with Gasteiger partial charge in [0.25, 0.3) is 0 Å². The average molecular weight is 681 g/mol. The number of hydrogen-bond donors (Lipinski definition) is 0. The van der Waals surface area contributed by atoms with E-state index in [0.717, 1.165) is 0 Å². The zero-order valence-electron chi connectivity index (χ0n) is 29.5. The van der Waals surface area contributed by atoms with Crippen LogP contribution in [-0.2, 0) is 0 Å². The van der Waals surface area contributed by atoms with Gasteiger partial charge in [-0.1, -0.05) is 188 Å². The van der Waals surface area contributed by atoms with Crippen LogP contribution in [0, 0.1) is 0 Å². The Morgan fingerprint density at radius 1 is 0.204 bits per heavy atom. The minimum atomic E-state index is 1.24. The third-order valence-corrected chi connectivity index (χ3v) is 12.0. The van der Waals surface area contributed by atoms with Crippen molar-refractivity contribution in [2.45, 2.75) is 0 Å². The summed E-state index contributed by atoms with van der Waals surface area (Å²) in [6.45, 7) is 0. The Kier molecular flexibility index (Phi) is 6.15. The van der Waals surface area contributed by atoms with Gasteiger partial charge in [0.05, 0.1) is 0 Å². The van der Waals surface area contributed by atoms with Crippen molar-refractivity contribution >= 4 is 75.4 Å². The van der Waals surface area contributed by atoms with E-state index in [-0.39, 0.29) is 0 Å². The van der Waals surface area contributed by atoms with E-state index in [2.05, 4.69) is 194 Å². The molecule has 0 bridgehead atoms. The lowest BCUT2D eigenvalue weighted by atomic mass is 9.77. The third-order valence-electron chi connectivity index (χ3n) is 12.0. The van der Waals surface area contributed by atoms with Crippen LogP contribution in [-0.4, -0.2) is 0 Å². The highest BCUT2D eigenvalue weighted by Crippen LogP contribution is 2.54. The molecule has 54 heavy (non-hydrogen) atoms. The lowest BCUT2D eigenvalue weighted by Gasteiger charge is -2.26. The molecule has 0 N–H and O–H groups in total. The predicted octanol–water partition coefficient (Wildman–Crippen LogP) is 15.3. The molecule has 0 spiro atoms. The second-order valence-corrected chi connectivity index (χ2v) is 14.7. The highest BCUT2D eigenvalue weighted by molar-refractivity contribution is 6.44. The molecule has 0 aliphatic carbocycles. The van der Waals surface area contributed by atoms with E-state index in [9.17, 15) is 0 Å². The normalized spacial score (nSPS) is 12.1. The van der Waals surface area contributed by atoms with E-state index in [1.165, 1.54) is 120 Å². The Morgan fingerprint density at radius 3 is 1.26 bits per heavy atom. The monoisotopic (exact) mass is 680 g/mol. The Hall–Kier alpha value is -7.02. The van der Waals surface area contributed by atoms with Crippen LogP contribution in [0.25, 0.3) is 120 Å². The molecule has 0 aliphatic heterocycles. The third kappa shape index (κ3) is 4.03. The van der Waals surface area contributed by atoms with Gasteiger partial charge in [-0.3, -0.25) is 0 Å². The smallest absolute Gasteiger partial charge is 0.000696 e. The molecule has 0 amide bonds. The van der Waals surface area contributed by atoms with E-state index in [0.29, 0.717) is 0 Å². The fraction of sp³-hybridized carbons (Fsp3) is 0. The summed E-state index contributed by atoms with van der Waals surface area (Å²) in [6, 6.07) is 72.3. The van der Waals surface area contributed by atoms with Gasteiger partial charge in [-0.2, -0.15) is 0 Å². The van der Waals surface area contributed by atoms with Crippen LogP contribution in [0.1, 0.15) is 0 Å². The zero-order chi connectivity index (χ0) is 35.3. The SMILES string of the molecule is c1ccc(-c2c3cccc4c(-c5cccc6ccccc56)cc5c(-c6ccccc6)c6ccc(-c7cccc8ccccc78)c7ccc2c(c76)c5c43)cc1. The molecule has 0 aliphatic rings. The molecular formula is C54H32. The molecule has 0 saturated carbocycles. The highest BCUT2D eigenvalue weighted by atomic mass is 14.3. The summed E-state index contributed by atoms with van der Waals surface area (Å²) in [5, 5.41) is 18.2. The van der Waals surface area contributed by atoms with Gasteiger partial charge >= 0.3 is 0 Å². The van der Waals surface area contributed by atoms with Gasteiger partial charge in [-0.25, -0.2) is 0 Å². The molecule has 0 unspecified atom stereocenters. The zero-order valence-corrected chi connectivity index (χ0v) is 29.5. The fourth-order valence-electron chi connectivity index (χ4n) is 9.76. The van der Waals surface area contributed by atoms with Crippen molar-refractivity contribution in [2.75, 3.05) is 0 Å². The molecule has 0 heterocycles. The van der Waals surface area contributed by atoms with Crippen molar-refractivity contribution in [1.29, 1.82) is 0 Å². The maximum Gasteiger partial charge on any atom is -0.000696 e. The molecule has 12 rings (SSSR count). The number of hydrogen-bond acceptors (Lipinski definition) is 0. The van der Waals surface area contributed by atoms with Gasteiger partial charge in [0.2, 0.25) is 0 Å². The molecule has 0 aromatic heterocycles. The average Bonchev–Trinajstić information content (AvgIpc) is 3.24. The molecule has 0 fully saturated rings. The lowest BCUT2D eigenvalue weighted by molar-refractivity contribution is 1.66. The number of rotatable bonds is 4. The van der Waals surface area contributed by atoms with Gasteiger partial charge < -0.3 is 0 Å². The van der Waals surface area contributed by atoms with Crippen LogP contribution in [0.5, 0.6) is 0 Å². The van der Waals surface area contributed by atoms with Crippen molar-refractivity contribution in [3.63, 3.8) is 0 Å². The second-order valence-electron chi connectivity index (χ2n) is 14.7. The molecule has 248 valence electrons. The first-order valence-electron chi connectivity index (χ1n) is 18.9. The molecule has 0 saturated heterocycles. The molecule has 0 atom stereocenters. The lowest BCUT2D eigenvalue weighted by Crippen LogP contribution is -1.98. The van der Waals surface area contributed by atoms with Crippen molar-refractivity contribution in [1.82, 2.24) is 0 Å². The summed E-state index contributed by atoms with van der Waals surface area (Å²) in [5.74, 6) is 0. The van der Waals surface area contributed by atoms with Crippen LogP contribution in [0.4, 0.5) is 0 Å². The van der Waals surface area contributed by atoms with Gasteiger partial charge in [-0.05, 0) is 126 Å². The topological polar surface area (TPSA) is 0 Å². The fourth-order valence-corrected chi connectivity index (χ4v) is 9.76. The molecular weight excluding hydrogens is 649 g/mol. The van der Waals surface area contributed by atoms with E-state index in [4.69, 9.17) is 0 Å². The largest absolute Gasteiger partial charge is 0.0622 e. The second kappa shape index (κ2) is 11.2. The minimum absolute atomic E-state index is 1.24. The van der Waals surface area contributed by atoms with Gasteiger partial charge in [-0.15, -0.1) is 0 Å². The van der Waals surface area contributed by atoms with Crippen LogP contribution >= 0.6 is 0 Å². The summed E-state index contributed by atoms with van der Waals surface area (Å²) in [7, 11) is 0. The van der Waals surface area contributed by atoms with Crippen molar-refractivity contribution in [3.8, 4) is 44.5 Å². The van der Waals surface area contributed by atoms with Crippen LogP contribution < -0.4 is 0 Å². The Bertz CT molecular complexity index is 3390. The maximum absolute atomic E-state index is 2.52.